The summed E-state index contributed by atoms with van der Waals surface area (Å²) in [4.78, 5) is 31.2. The van der Waals surface area contributed by atoms with Crippen LogP contribution in [-0.4, -0.2) is 39.2 Å². The average Bonchev–Trinajstić information content (AvgIpc) is 3.25. The number of carbonyl (C=O) groups is 2. The lowest BCUT2D eigenvalue weighted by Gasteiger charge is -2.39. The number of aromatic nitrogens is 2. The van der Waals surface area contributed by atoms with Crippen LogP contribution in [0.2, 0.25) is 5.02 Å². The first-order chi connectivity index (χ1) is 15.6. The summed E-state index contributed by atoms with van der Waals surface area (Å²) >= 11 is 5.99. The van der Waals surface area contributed by atoms with Gasteiger partial charge in [0.1, 0.15) is 5.65 Å². The Morgan fingerprint density at radius 2 is 1.81 bits per heavy atom. The maximum Gasteiger partial charge on any atom is 0.253 e. The molecule has 0 bridgehead atoms. The summed E-state index contributed by atoms with van der Waals surface area (Å²) in [5.74, 6) is 0.149. The molecule has 0 spiro atoms. The number of nitrogens with one attached hydrogen (secondary N) is 1. The Morgan fingerprint density at radius 3 is 2.59 bits per heavy atom. The van der Waals surface area contributed by atoms with E-state index in [0.717, 1.165) is 16.8 Å². The summed E-state index contributed by atoms with van der Waals surface area (Å²) in [6.45, 7) is 1.76. The Morgan fingerprint density at radius 1 is 1.00 bits per heavy atom. The average molecular weight is 445 g/mol. The number of likely N-dealkylation sites (tertiary alicyclic amines) is 1. The van der Waals surface area contributed by atoms with E-state index in [4.69, 9.17) is 11.6 Å². The minimum absolute atomic E-state index is 0.00622. The highest BCUT2D eigenvalue weighted by molar-refractivity contribution is 6.30. The number of amides is 2. The van der Waals surface area contributed by atoms with E-state index in [0.29, 0.717) is 35.8 Å². The van der Waals surface area contributed by atoms with Crippen LogP contribution in [-0.2, 0) is 6.54 Å². The van der Waals surface area contributed by atoms with Crippen molar-refractivity contribution < 1.29 is 9.59 Å². The number of pyridine rings is 1. The van der Waals surface area contributed by atoms with Crippen molar-refractivity contribution in [3.63, 3.8) is 0 Å². The fourth-order valence-electron chi connectivity index (χ4n) is 3.91. The van der Waals surface area contributed by atoms with Gasteiger partial charge < -0.3 is 14.6 Å². The number of benzene rings is 2. The van der Waals surface area contributed by atoms with E-state index >= 15 is 0 Å². The highest BCUT2D eigenvalue weighted by Crippen LogP contribution is 2.29. The summed E-state index contributed by atoms with van der Waals surface area (Å²) < 4.78 is 1.92. The van der Waals surface area contributed by atoms with Gasteiger partial charge in [0, 0.05) is 60.3 Å². The molecule has 1 N–H and O–H groups in total. The van der Waals surface area contributed by atoms with Gasteiger partial charge in [0.05, 0.1) is 0 Å². The maximum atomic E-state index is 12.6. The standard InChI is InChI=1S/C25H21ClN4O2/c26-22-3-1-2-20(13-22)25(32)30-15-21(16-30)18-4-6-19(7-5-18)24(31)28-14-17-8-10-29-11-9-27-23(29)12-17/h1-13,21H,14-16H2,(H,28,31). The molecule has 0 unspecified atom stereocenters. The number of imidazole rings is 1. The van der Waals surface area contributed by atoms with Gasteiger partial charge >= 0.3 is 0 Å². The molecule has 2 aromatic carbocycles. The van der Waals surface area contributed by atoms with Gasteiger partial charge in [-0.2, -0.15) is 0 Å². The fraction of sp³-hybridized carbons (Fsp3) is 0.160. The zero-order chi connectivity index (χ0) is 22.1. The third kappa shape index (κ3) is 4.09. The van der Waals surface area contributed by atoms with E-state index in [-0.39, 0.29) is 17.7 Å². The van der Waals surface area contributed by atoms with Crippen molar-refractivity contribution >= 4 is 29.1 Å². The minimum atomic E-state index is -0.119. The van der Waals surface area contributed by atoms with E-state index in [9.17, 15) is 9.59 Å². The monoisotopic (exact) mass is 444 g/mol. The van der Waals surface area contributed by atoms with Gasteiger partial charge in [-0.3, -0.25) is 9.59 Å². The molecule has 1 fully saturated rings. The Hall–Kier alpha value is -3.64. The number of fused-ring (bicyclic) bond motifs is 1. The molecule has 0 radical (unpaired) electrons. The summed E-state index contributed by atoms with van der Waals surface area (Å²) in [6.07, 6.45) is 5.55. The minimum Gasteiger partial charge on any atom is -0.348 e. The van der Waals surface area contributed by atoms with Crippen LogP contribution in [0.5, 0.6) is 0 Å². The Bertz CT molecular complexity index is 1290. The molecular formula is C25H21ClN4O2. The number of carbonyl (C=O) groups excluding carboxylic acids is 2. The second-order valence-corrected chi connectivity index (χ2v) is 8.39. The number of nitrogens with zero attached hydrogens (tertiary/aromatic N) is 3. The molecule has 1 aliphatic rings. The van der Waals surface area contributed by atoms with Crippen molar-refractivity contribution in [2.75, 3.05) is 13.1 Å². The summed E-state index contributed by atoms with van der Waals surface area (Å²) in [5.41, 5.74) is 4.19. The summed E-state index contributed by atoms with van der Waals surface area (Å²) in [7, 11) is 0. The smallest absolute Gasteiger partial charge is 0.253 e. The molecule has 5 rings (SSSR count). The van der Waals surface area contributed by atoms with Gasteiger partial charge in [0.15, 0.2) is 0 Å². The lowest BCUT2D eigenvalue weighted by atomic mass is 9.90. The molecular weight excluding hydrogens is 424 g/mol. The predicted molar refractivity (Wildman–Crippen MR) is 123 cm³/mol. The van der Waals surface area contributed by atoms with Crippen LogP contribution in [0.1, 0.15) is 37.8 Å². The molecule has 0 saturated carbocycles. The summed E-state index contributed by atoms with van der Waals surface area (Å²) in [5, 5.41) is 3.51. The van der Waals surface area contributed by atoms with E-state index in [1.165, 1.54) is 0 Å². The highest BCUT2D eigenvalue weighted by atomic mass is 35.5. The third-order valence-electron chi connectivity index (χ3n) is 5.80. The van der Waals surface area contributed by atoms with Crippen LogP contribution >= 0.6 is 11.6 Å². The van der Waals surface area contributed by atoms with E-state index in [2.05, 4.69) is 10.3 Å². The van der Waals surface area contributed by atoms with Crippen LogP contribution < -0.4 is 5.32 Å². The molecule has 7 heteroatoms. The van der Waals surface area contributed by atoms with Crippen molar-refractivity contribution in [2.45, 2.75) is 12.5 Å². The van der Waals surface area contributed by atoms with Gasteiger partial charge in [-0.1, -0.05) is 29.8 Å². The molecule has 4 aromatic rings. The Kier molecular flexibility index (Phi) is 5.37. The van der Waals surface area contributed by atoms with Crippen LogP contribution in [0.15, 0.2) is 79.3 Å². The molecule has 2 amide bonds. The zero-order valence-electron chi connectivity index (χ0n) is 17.2. The van der Waals surface area contributed by atoms with E-state index in [1.807, 2.05) is 58.1 Å². The first kappa shape index (κ1) is 20.3. The topological polar surface area (TPSA) is 66.7 Å². The second-order valence-electron chi connectivity index (χ2n) is 7.95. The first-order valence-corrected chi connectivity index (χ1v) is 10.8. The number of hydrogen-bond acceptors (Lipinski definition) is 3. The van der Waals surface area contributed by atoms with Crippen molar-refractivity contribution in [3.05, 3.63) is 107 Å². The van der Waals surface area contributed by atoms with Crippen LogP contribution in [0.3, 0.4) is 0 Å². The molecule has 0 atom stereocenters. The number of halogens is 1. The van der Waals surface area contributed by atoms with Gasteiger partial charge in [-0.15, -0.1) is 0 Å². The van der Waals surface area contributed by atoms with Crippen LogP contribution in [0.4, 0.5) is 0 Å². The number of rotatable bonds is 5. The SMILES string of the molecule is O=C(NCc1ccn2ccnc2c1)c1ccc(C2CN(C(=O)c3cccc(Cl)c3)C2)cc1. The van der Waals surface area contributed by atoms with E-state index < -0.39 is 0 Å². The lowest BCUT2D eigenvalue weighted by molar-refractivity contribution is 0.0602. The van der Waals surface area contributed by atoms with Crippen LogP contribution in [0.25, 0.3) is 5.65 Å². The largest absolute Gasteiger partial charge is 0.348 e. The fourth-order valence-corrected chi connectivity index (χ4v) is 4.10. The van der Waals surface area contributed by atoms with Gasteiger partial charge in [-0.25, -0.2) is 4.98 Å². The second kappa shape index (κ2) is 8.48. The number of hydrogen-bond donors (Lipinski definition) is 1. The molecule has 160 valence electrons. The Labute approximate surface area is 190 Å². The van der Waals surface area contributed by atoms with E-state index in [1.54, 1.807) is 30.5 Å². The maximum absolute atomic E-state index is 12.6. The van der Waals surface area contributed by atoms with Gasteiger partial charge in [0.25, 0.3) is 11.8 Å². The molecule has 1 saturated heterocycles. The lowest BCUT2D eigenvalue weighted by Crippen LogP contribution is -2.48. The molecule has 3 heterocycles. The van der Waals surface area contributed by atoms with Crippen molar-refractivity contribution in [3.8, 4) is 0 Å². The Balaban J connectivity index is 1.15. The van der Waals surface area contributed by atoms with Gasteiger partial charge in [-0.05, 0) is 53.6 Å². The van der Waals surface area contributed by atoms with Crippen molar-refractivity contribution in [1.29, 1.82) is 0 Å². The zero-order valence-corrected chi connectivity index (χ0v) is 18.0. The van der Waals surface area contributed by atoms with Crippen LogP contribution in [0, 0.1) is 0 Å². The normalized spacial score (nSPS) is 13.7. The predicted octanol–water partition coefficient (Wildman–Crippen LogP) is 4.16. The first-order valence-electron chi connectivity index (χ1n) is 10.4. The highest BCUT2D eigenvalue weighted by Gasteiger charge is 2.32. The van der Waals surface area contributed by atoms with Crippen molar-refractivity contribution in [2.24, 2.45) is 0 Å². The molecule has 1 aliphatic heterocycles. The summed E-state index contributed by atoms with van der Waals surface area (Å²) in [6, 6.07) is 18.5. The van der Waals surface area contributed by atoms with Gasteiger partial charge in [0.2, 0.25) is 0 Å². The third-order valence-corrected chi connectivity index (χ3v) is 6.04. The quantitative estimate of drug-likeness (QED) is 0.502. The molecule has 2 aromatic heterocycles. The molecule has 32 heavy (non-hydrogen) atoms. The molecule has 0 aliphatic carbocycles. The van der Waals surface area contributed by atoms with Crippen molar-refractivity contribution in [1.82, 2.24) is 19.6 Å². The molecule has 6 nitrogen and oxygen atoms in total.